The van der Waals surface area contributed by atoms with Crippen LogP contribution in [0, 0.1) is 11.7 Å². The third kappa shape index (κ3) is 3.85. The first-order valence-corrected chi connectivity index (χ1v) is 7.94. The molecule has 0 aromatic heterocycles. The third-order valence-corrected chi connectivity index (χ3v) is 4.04. The maximum Gasteiger partial charge on any atom is 0.410 e. The largest absolute Gasteiger partial charge is 0.444 e. The predicted molar refractivity (Wildman–Crippen MR) is 84.3 cm³/mol. The fourth-order valence-corrected chi connectivity index (χ4v) is 2.75. The molecule has 0 N–H and O–H groups in total. The third-order valence-electron chi connectivity index (χ3n) is 3.43. The van der Waals surface area contributed by atoms with E-state index in [1.54, 1.807) is 32.9 Å². The van der Waals surface area contributed by atoms with Gasteiger partial charge in [-0.1, -0.05) is 6.07 Å². The summed E-state index contributed by atoms with van der Waals surface area (Å²) in [6.45, 7) is 6.09. The van der Waals surface area contributed by atoms with Crippen molar-refractivity contribution in [2.75, 3.05) is 13.1 Å². The van der Waals surface area contributed by atoms with Crippen LogP contribution in [0.4, 0.5) is 9.18 Å². The number of likely N-dealkylation sites (tertiary alicyclic amines) is 1. The maximum atomic E-state index is 14.0. The first kappa shape index (κ1) is 16.9. The Labute approximate surface area is 137 Å². The molecule has 2 rings (SSSR count). The number of hydrogen-bond donors (Lipinski definition) is 0. The average Bonchev–Trinajstić information content (AvgIpc) is 2.89. The van der Waals surface area contributed by atoms with E-state index in [1.165, 1.54) is 11.0 Å². The molecular formula is C16H19BrFNO3. The van der Waals surface area contributed by atoms with Gasteiger partial charge >= 0.3 is 6.09 Å². The summed E-state index contributed by atoms with van der Waals surface area (Å²) in [5.74, 6) is -1.22. The number of nitrogens with zero attached hydrogens (tertiary/aromatic N) is 1. The molecule has 1 heterocycles. The molecule has 1 aromatic rings. The van der Waals surface area contributed by atoms with Crippen LogP contribution in [0.2, 0.25) is 0 Å². The highest BCUT2D eigenvalue weighted by molar-refractivity contribution is 9.10. The van der Waals surface area contributed by atoms with E-state index < -0.39 is 23.4 Å². The lowest BCUT2D eigenvalue weighted by molar-refractivity contribution is 0.0289. The van der Waals surface area contributed by atoms with Crippen molar-refractivity contribution in [2.45, 2.75) is 32.8 Å². The van der Waals surface area contributed by atoms with Crippen LogP contribution in [0.3, 0.4) is 0 Å². The molecule has 4 nitrogen and oxygen atoms in total. The van der Waals surface area contributed by atoms with Gasteiger partial charge in [0, 0.05) is 19.0 Å². The van der Waals surface area contributed by atoms with Gasteiger partial charge in [0.05, 0.1) is 10.0 Å². The minimum atomic E-state index is -0.574. The molecule has 1 atom stereocenters. The van der Waals surface area contributed by atoms with Crippen LogP contribution < -0.4 is 0 Å². The van der Waals surface area contributed by atoms with Crippen molar-refractivity contribution in [2.24, 2.45) is 5.92 Å². The van der Waals surface area contributed by atoms with E-state index in [1.807, 2.05) is 0 Å². The lowest BCUT2D eigenvalue weighted by Gasteiger charge is -2.24. The average molecular weight is 372 g/mol. The second-order valence-corrected chi connectivity index (χ2v) is 7.23. The van der Waals surface area contributed by atoms with E-state index in [2.05, 4.69) is 15.9 Å². The van der Waals surface area contributed by atoms with E-state index in [0.717, 1.165) is 0 Å². The summed E-state index contributed by atoms with van der Waals surface area (Å²) in [4.78, 5) is 25.9. The molecule has 120 valence electrons. The molecule has 0 bridgehead atoms. The Morgan fingerprint density at radius 2 is 2.05 bits per heavy atom. The minimum absolute atomic E-state index is 0.0606. The molecule has 0 aliphatic carbocycles. The van der Waals surface area contributed by atoms with E-state index >= 15 is 0 Å². The number of benzene rings is 1. The van der Waals surface area contributed by atoms with E-state index in [4.69, 9.17) is 4.74 Å². The fourth-order valence-electron chi connectivity index (χ4n) is 2.38. The Kier molecular flexibility index (Phi) is 4.90. The smallest absolute Gasteiger partial charge is 0.410 e. The zero-order valence-corrected chi connectivity index (χ0v) is 14.4. The van der Waals surface area contributed by atoms with Gasteiger partial charge in [-0.3, -0.25) is 4.79 Å². The van der Waals surface area contributed by atoms with Gasteiger partial charge in [-0.25, -0.2) is 9.18 Å². The standard InChI is InChI=1S/C16H19BrFNO3/c1-16(2,3)22-15(21)19-8-7-10(9-19)14(20)11-5-4-6-12(17)13(11)18/h4-6,10H,7-9H2,1-3H3. The highest BCUT2D eigenvalue weighted by atomic mass is 79.9. The first-order valence-electron chi connectivity index (χ1n) is 7.15. The SMILES string of the molecule is CC(C)(C)OC(=O)N1CCC(C(=O)c2cccc(Br)c2F)C1. The Bertz CT molecular complexity index is 598. The second-order valence-electron chi connectivity index (χ2n) is 6.38. The van der Waals surface area contributed by atoms with Gasteiger partial charge in [-0.15, -0.1) is 0 Å². The molecule has 22 heavy (non-hydrogen) atoms. The molecule has 0 spiro atoms. The van der Waals surface area contributed by atoms with Crippen molar-refractivity contribution in [3.8, 4) is 0 Å². The van der Waals surface area contributed by atoms with Crippen LogP contribution in [-0.4, -0.2) is 35.5 Å². The molecule has 1 amide bonds. The molecule has 1 aromatic carbocycles. The number of carbonyl (C=O) groups excluding carboxylic acids is 2. The Morgan fingerprint density at radius 3 is 2.68 bits per heavy atom. The number of hydrogen-bond acceptors (Lipinski definition) is 3. The monoisotopic (exact) mass is 371 g/mol. The van der Waals surface area contributed by atoms with Crippen molar-refractivity contribution >= 4 is 27.8 Å². The molecule has 1 fully saturated rings. The van der Waals surface area contributed by atoms with Gasteiger partial charge in [0.2, 0.25) is 0 Å². The van der Waals surface area contributed by atoms with Gasteiger partial charge in [-0.05, 0) is 55.3 Å². The zero-order valence-electron chi connectivity index (χ0n) is 12.9. The number of ketones is 1. The number of halogens is 2. The van der Waals surface area contributed by atoms with Crippen LogP contribution >= 0.6 is 15.9 Å². The lowest BCUT2D eigenvalue weighted by Crippen LogP contribution is -2.35. The molecule has 0 saturated carbocycles. The summed E-state index contributed by atoms with van der Waals surface area (Å²) in [7, 11) is 0. The number of amides is 1. The predicted octanol–water partition coefficient (Wildman–Crippen LogP) is 4.03. The minimum Gasteiger partial charge on any atom is -0.444 e. The molecule has 0 radical (unpaired) electrons. The number of ether oxygens (including phenoxy) is 1. The van der Waals surface area contributed by atoms with Gasteiger partial charge in [0.15, 0.2) is 5.78 Å². The maximum absolute atomic E-state index is 14.0. The number of rotatable bonds is 2. The first-order chi connectivity index (χ1) is 10.2. The Morgan fingerprint density at radius 1 is 1.36 bits per heavy atom. The molecule has 1 aliphatic rings. The fraction of sp³-hybridized carbons (Fsp3) is 0.500. The van der Waals surface area contributed by atoms with Gasteiger partial charge in [-0.2, -0.15) is 0 Å². The zero-order chi connectivity index (χ0) is 16.5. The van der Waals surface area contributed by atoms with Crippen LogP contribution in [0.1, 0.15) is 37.6 Å². The van der Waals surface area contributed by atoms with Gasteiger partial charge < -0.3 is 9.64 Å². The van der Waals surface area contributed by atoms with Crippen molar-refractivity contribution < 1.29 is 18.7 Å². The highest BCUT2D eigenvalue weighted by Crippen LogP contribution is 2.26. The van der Waals surface area contributed by atoms with E-state index in [0.29, 0.717) is 13.0 Å². The highest BCUT2D eigenvalue weighted by Gasteiger charge is 2.34. The van der Waals surface area contributed by atoms with Crippen LogP contribution in [-0.2, 0) is 4.74 Å². The molecule has 1 aliphatic heterocycles. The van der Waals surface area contributed by atoms with Crippen molar-refractivity contribution in [1.29, 1.82) is 0 Å². The Balaban J connectivity index is 2.05. The summed E-state index contributed by atoms with van der Waals surface area (Å²) in [5, 5.41) is 0. The summed E-state index contributed by atoms with van der Waals surface area (Å²) in [6.07, 6.45) is 0.0850. The topological polar surface area (TPSA) is 46.6 Å². The summed E-state index contributed by atoms with van der Waals surface area (Å²) in [6, 6.07) is 4.65. The molecule has 1 unspecified atom stereocenters. The van der Waals surface area contributed by atoms with Crippen molar-refractivity contribution in [3.05, 3.63) is 34.1 Å². The van der Waals surface area contributed by atoms with Crippen molar-refractivity contribution in [1.82, 2.24) is 4.90 Å². The van der Waals surface area contributed by atoms with Crippen LogP contribution in [0.5, 0.6) is 0 Å². The quantitative estimate of drug-likeness (QED) is 0.737. The second kappa shape index (κ2) is 6.36. The molecular weight excluding hydrogens is 353 g/mol. The number of Topliss-reactive ketones (excluding diaryl/α,β-unsaturated/α-hetero) is 1. The Hall–Kier alpha value is -1.43. The molecule has 6 heteroatoms. The lowest BCUT2D eigenvalue weighted by atomic mass is 9.96. The summed E-state index contributed by atoms with van der Waals surface area (Å²) in [5.41, 5.74) is -0.513. The van der Waals surface area contributed by atoms with Crippen LogP contribution in [0.15, 0.2) is 22.7 Å². The van der Waals surface area contributed by atoms with Crippen molar-refractivity contribution in [3.63, 3.8) is 0 Å². The summed E-state index contributed by atoms with van der Waals surface area (Å²) < 4.78 is 19.6. The normalized spacial score (nSPS) is 18.4. The summed E-state index contributed by atoms with van der Waals surface area (Å²) >= 11 is 3.08. The van der Waals surface area contributed by atoms with E-state index in [-0.39, 0.29) is 22.4 Å². The van der Waals surface area contributed by atoms with Crippen LogP contribution in [0.25, 0.3) is 0 Å². The molecule has 1 saturated heterocycles. The number of carbonyl (C=O) groups is 2. The van der Waals surface area contributed by atoms with E-state index in [9.17, 15) is 14.0 Å². The van der Waals surface area contributed by atoms with Gasteiger partial charge in [0.1, 0.15) is 11.4 Å². The van der Waals surface area contributed by atoms with Gasteiger partial charge in [0.25, 0.3) is 0 Å².